The van der Waals surface area contributed by atoms with E-state index in [1.54, 1.807) is 4.90 Å². The molecule has 1 aliphatic heterocycles. The Bertz CT molecular complexity index is 966. The molecule has 1 aliphatic rings. The fourth-order valence-electron chi connectivity index (χ4n) is 3.36. The monoisotopic (exact) mass is 387 g/mol. The zero-order valence-electron chi connectivity index (χ0n) is 16.1. The molecule has 1 amide bonds. The number of ether oxygens (including phenoxy) is 1. The molecule has 1 N–H and O–H groups in total. The largest absolute Gasteiger partial charge is 0.491 e. The molecule has 8 heteroatoms. The molecule has 0 radical (unpaired) electrons. The molecule has 0 saturated carbocycles. The second-order valence-corrected chi connectivity index (χ2v) is 7.24. The Hall–Kier alpha value is -2.87. The van der Waals surface area contributed by atoms with Gasteiger partial charge in [-0.15, -0.1) is 0 Å². The maximum atomic E-state index is 12.9. The molecule has 28 heavy (non-hydrogen) atoms. The van der Waals surface area contributed by atoms with Crippen LogP contribution < -0.4 is 16.0 Å². The van der Waals surface area contributed by atoms with Crippen molar-refractivity contribution in [3.05, 3.63) is 62.9 Å². The van der Waals surface area contributed by atoms with Gasteiger partial charge in [-0.3, -0.25) is 18.7 Å². The number of aliphatic hydroxyl groups is 1. The van der Waals surface area contributed by atoms with Crippen LogP contribution >= 0.6 is 0 Å². The number of carbonyl (C=O) groups is 1. The quantitative estimate of drug-likeness (QED) is 0.826. The van der Waals surface area contributed by atoms with Crippen LogP contribution in [0.4, 0.5) is 0 Å². The second kappa shape index (κ2) is 8.02. The van der Waals surface area contributed by atoms with E-state index in [4.69, 9.17) is 4.74 Å². The second-order valence-electron chi connectivity index (χ2n) is 7.24. The van der Waals surface area contributed by atoms with Gasteiger partial charge in [-0.2, -0.15) is 0 Å². The third-order valence-corrected chi connectivity index (χ3v) is 5.20. The normalized spacial score (nSPS) is 19.9. The summed E-state index contributed by atoms with van der Waals surface area (Å²) in [5, 5.41) is 10.9. The minimum Gasteiger partial charge on any atom is -0.491 e. The Morgan fingerprint density at radius 1 is 1.11 bits per heavy atom. The fraction of sp³-hybridized carbons (Fsp3) is 0.450. The van der Waals surface area contributed by atoms with Crippen LogP contribution in [0.25, 0.3) is 0 Å². The number of rotatable bonds is 4. The van der Waals surface area contributed by atoms with Gasteiger partial charge < -0.3 is 14.7 Å². The van der Waals surface area contributed by atoms with E-state index < -0.39 is 16.9 Å². The van der Waals surface area contributed by atoms with Crippen LogP contribution in [0.3, 0.4) is 0 Å². The summed E-state index contributed by atoms with van der Waals surface area (Å²) in [4.78, 5) is 38.5. The predicted octanol–water partition coefficient (Wildman–Crippen LogP) is 0.520. The van der Waals surface area contributed by atoms with Crippen LogP contribution in [0.5, 0.6) is 5.75 Å². The molecule has 0 spiro atoms. The zero-order valence-corrected chi connectivity index (χ0v) is 16.1. The number of aromatic nitrogens is 2. The molecule has 0 bridgehead atoms. The average molecular weight is 387 g/mol. The highest BCUT2D eigenvalue weighted by Crippen LogP contribution is 2.24. The maximum absolute atomic E-state index is 12.9. The lowest BCUT2D eigenvalue weighted by Crippen LogP contribution is -2.43. The molecule has 150 valence electrons. The molecule has 1 saturated heterocycles. The van der Waals surface area contributed by atoms with Crippen molar-refractivity contribution in [3.8, 4) is 5.75 Å². The molecular formula is C20H25N3O5. The van der Waals surface area contributed by atoms with Crippen molar-refractivity contribution < 1.29 is 14.6 Å². The Kier molecular flexibility index (Phi) is 5.69. The Morgan fingerprint density at radius 3 is 2.54 bits per heavy atom. The van der Waals surface area contributed by atoms with Gasteiger partial charge in [0.1, 0.15) is 23.7 Å². The summed E-state index contributed by atoms with van der Waals surface area (Å²) < 4.78 is 7.84. The van der Waals surface area contributed by atoms with E-state index in [0.717, 1.165) is 4.57 Å². The summed E-state index contributed by atoms with van der Waals surface area (Å²) in [6.45, 7) is 0.899. The third-order valence-electron chi connectivity index (χ3n) is 5.20. The predicted molar refractivity (Wildman–Crippen MR) is 104 cm³/mol. The van der Waals surface area contributed by atoms with Crippen molar-refractivity contribution in [3.63, 3.8) is 0 Å². The standard InChI is InChI=1S/C20H25N3O5/c1-21-16(13-17(24)22(2)19(21)26)18(25)23-11-6-9-20(27,10-12-23)14-28-15-7-4-3-5-8-15/h3-5,7-8,13,27H,6,9-12,14H2,1-2H3/t20-/m1/s1. The Morgan fingerprint density at radius 2 is 1.82 bits per heavy atom. The highest BCUT2D eigenvalue weighted by atomic mass is 16.5. The number of hydrogen-bond acceptors (Lipinski definition) is 5. The van der Waals surface area contributed by atoms with Gasteiger partial charge in [-0.25, -0.2) is 4.79 Å². The molecule has 2 heterocycles. The minimum absolute atomic E-state index is 0.0547. The van der Waals surface area contributed by atoms with Gasteiger partial charge in [0.05, 0.1) is 0 Å². The van der Waals surface area contributed by atoms with Gasteiger partial charge in [0.25, 0.3) is 11.5 Å². The first-order chi connectivity index (χ1) is 13.3. The highest BCUT2D eigenvalue weighted by Gasteiger charge is 2.33. The van der Waals surface area contributed by atoms with Gasteiger partial charge in [0.15, 0.2) is 0 Å². The number of amides is 1. The molecule has 1 aromatic carbocycles. The van der Waals surface area contributed by atoms with Crippen molar-refractivity contribution in [1.82, 2.24) is 14.0 Å². The van der Waals surface area contributed by atoms with Crippen LogP contribution in [0.1, 0.15) is 29.8 Å². The molecule has 0 unspecified atom stereocenters. The molecule has 2 aromatic rings. The van der Waals surface area contributed by atoms with Gasteiger partial charge >= 0.3 is 5.69 Å². The molecule has 1 fully saturated rings. The number of nitrogens with zero attached hydrogens (tertiary/aromatic N) is 3. The molecule has 1 aromatic heterocycles. The van der Waals surface area contributed by atoms with Crippen LogP contribution in [0.15, 0.2) is 46.0 Å². The summed E-state index contributed by atoms with van der Waals surface area (Å²) in [5.41, 5.74) is -2.05. The minimum atomic E-state index is -1.04. The summed E-state index contributed by atoms with van der Waals surface area (Å²) in [7, 11) is 2.84. The van der Waals surface area contributed by atoms with E-state index in [0.29, 0.717) is 38.1 Å². The Labute approximate surface area is 162 Å². The van der Waals surface area contributed by atoms with Crippen molar-refractivity contribution >= 4 is 5.91 Å². The van der Waals surface area contributed by atoms with E-state index in [2.05, 4.69) is 0 Å². The smallest absolute Gasteiger partial charge is 0.331 e. The highest BCUT2D eigenvalue weighted by molar-refractivity contribution is 5.92. The van der Waals surface area contributed by atoms with Crippen molar-refractivity contribution in [1.29, 1.82) is 0 Å². The number of benzene rings is 1. The molecule has 1 atom stereocenters. The Balaban J connectivity index is 1.70. The van der Waals surface area contributed by atoms with Crippen molar-refractivity contribution in [2.75, 3.05) is 19.7 Å². The molecular weight excluding hydrogens is 362 g/mol. The van der Waals surface area contributed by atoms with Gasteiger partial charge in [-0.1, -0.05) is 18.2 Å². The van der Waals surface area contributed by atoms with Gasteiger partial charge in [0.2, 0.25) is 0 Å². The number of para-hydroxylation sites is 1. The van der Waals surface area contributed by atoms with Crippen LogP contribution in [-0.4, -0.2) is 50.3 Å². The topological polar surface area (TPSA) is 93.8 Å². The fourth-order valence-corrected chi connectivity index (χ4v) is 3.36. The van der Waals surface area contributed by atoms with Crippen LogP contribution in [0.2, 0.25) is 0 Å². The number of carbonyl (C=O) groups excluding carboxylic acids is 1. The molecule has 8 nitrogen and oxygen atoms in total. The first-order valence-electron chi connectivity index (χ1n) is 9.27. The first kappa shape index (κ1) is 19.9. The van der Waals surface area contributed by atoms with Crippen LogP contribution in [0, 0.1) is 0 Å². The zero-order chi connectivity index (χ0) is 20.3. The van der Waals surface area contributed by atoms with E-state index in [1.807, 2.05) is 30.3 Å². The lowest BCUT2D eigenvalue weighted by molar-refractivity contribution is -0.0163. The molecule has 3 rings (SSSR count). The summed E-state index contributed by atoms with van der Waals surface area (Å²) in [6, 6.07) is 10.4. The van der Waals surface area contributed by atoms with Gasteiger partial charge in [0, 0.05) is 33.3 Å². The van der Waals surface area contributed by atoms with Gasteiger partial charge in [-0.05, 0) is 31.4 Å². The average Bonchev–Trinajstić information content (AvgIpc) is 2.90. The number of likely N-dealkylation sites (tertiary alicyclic amines) is 1. The summed E-state index contributed by atoms with van der Waals surface area (Å²) in [5.74, 6) is 0.300. The lowest BCUT2D eigenvalue weighted by Gasteiger charge is -2.27. The number of hydrogen-bond donors (Lipinski definition) is 1. The van der Waals surface area contributed by atoms with Crippen molar-refractivity contribution in [2.24, 2.45) is 14.1 Å². The SMILES string of the molecule is Cn1c(C(=O)N2CCC[C@](O)(COc3ccccc3)CC2)cc(=O)n(C)c1=O. The van der Waals surface area contributed by atoms with E-state index in [9.17, 15) is 19.5 Å². The van der Waals surface area contributed by atoms with Crippen molar-refractivity contribution in [2.45, 2.75) is 24.9 Å². The van der Waals surface area contributed by atoms with E-state index in [1.165, 1.54) is 24.7 Å². The van der Waals surface area contributed by atoms with E-state index in [-0.39, 0.29) is 18.2 Å². The summed E-state index contributed by atoms with van der Waals surface area (Å²) in [6.07, 6.45) is 1.45. The lowest BCUT2D eigenvalue weighted by atomic mass is 9.96. The molecule has 0 aliphatic carbocycles. The first-order valence-corrected chi connectivity index (χ1v) is 9.27. The van der Waals surface area contributed by atoms with Crippen LogP contribution in [-0.2, 0) is 14.1 Å². The third kappa shape index (κ3) is 4.17. The maximum Gasteiger partial charge on any atom is 0.331 e. The summed E-state index contributed by atoms with van der Waals surface area (Å²) >= 11 is 0. The van der Waals surface area contributed by atoms with E-state index >= 15 is 0 Å².